The van der Waals surface area contributed by atoms with Crippen molar-refractivity contribution in [1.29, 1.82) is 0 Å². The van der Waals surface area contributed by atoms with Crippen LogP contribution in [0, 0.1) is 5.92 Å². The molecule has 0 bridgehead atoms. The van der Waals surface area contributed by atoms with Crippen molar-refractivity contribution >= 4 is 21.6 Å². The molecule has 2 aromatic carbocycles. The molecular weight excluding hydrogens is 388 g/mol. The van der Waals surface area contributed by atoms with E-state index in [-0.39, 0.29) is 16.7 Å². The fourth-order valence-corrected chi connectivity index (χ4v) is 4.84. The summed E-state index contributed by atoms with van der Waals surface area (Å²) < 4.78 is 28.9. The van der Waals surface area contributed by atoms with Crippen LogP contribution < -0.4 is 5.32 Å². The number of aromatic nitrogens is 2. The van der Waals surface area contributed by atoms with Gasteiger partial charge in [-0.05, 0) is 37.1 Å². The van der Waals surface area contributed by atoms with E-state index >= 15 is 0 Å². The lowest BCUT2D eigenvalue weighted by molar-refractivity contribution is -0.120. The van der Waals surface area contributed by atoms with E-state index in [4.69, 9.17) is 0 Å². The van der Waals surface area contributed by atoms with E-state index in [1.165, 1.54) is 16.7 Å². The van der Waals surface area contributed by atoms with Gasteiger partial charge < -0.3 is 5.32 Å². The van der Waals surface area contributed by atoms with Crippen LogP contribution in [0.5, 0.6) is 0 Å². The molecule has 29 heavy (non-hydrogen) atoms. The number of para-hydroxylation sites is 2. The minimum Gasteiger partial charge on any atom is -0.326 e. The summed E-state index contributed by atoms with van der Waals surface area (Å²) >= 11 is 0. The number of benzene rings is 2. The van der Waals surface area contributed by atoms with E-state index < -0.39 is 10.0 Å². The molecule has 0 aliphatic carbocycles. The van der Waals surface area contributed by atoms with Gasteiger partial charge in [0.2, 0.25) is 15.9 Å². The molecule has 7 nitrogen and oxygen atoms in total. The second kappa shape index (κ2) is 8.18. The van der Waals surface area contributed by atoms with Crippen LogP contribution in [0.3, 0.4) is 0 Å². The third-order valence-corrected chi connectivity index (χ3v) is 6.93. The summed E-state index contributed by atoms with van der Waals surface area (Å²) in [5.41, 5.74) is 1.55. The topological polar surface area (TPSA) is 84.3 Å². The number of carbonyl (C=O) groups excluding carboxylic acids is 1. The number of sulfonamides is 1. The smallest absolute Gasteiger partial charge is 0.246 e. The van der Waals surface area contributed by atoms with Crippen LogP contribution in [0.1, 0.15) is 12.8 Å². The largest absolute Gasteiger partial charge is 0.326 e. The monoisotopic (exact) mass is 410 g/mol. The highest BCUT2D eigenvalue weighted by molar-refractivity contribution is 7.89. The van der Waals surface area contributed by atoms with Gasteiger partial charge in [0.15, 0.2) is 0 Å². The van der Waals surface area contributed by atoms with Crippen LogP contribution in [-0.4, -0.2) is 41.5 Å². The molecular formula is C21H22N4O3S. The van der Waals surface area contributed by atoms with Gasteiger partial charge in [-0.1, -0.05) is 36.4 Å². The number of nitrogens with zero attached hydrogens (tertiary/aromatic N) is 3. The van der Waals surface area contributed by atoms with Crippen LogP contribution in [0.4, 0.5) is 5.69 Å². The Morgan fingerprint density at radius 3 is 2.24 bits per heavy atom. The fraction of sp³-hybridized carbons (Fsp3) is 0.238. The van der Waals surface area contributed by atoms with Gasteiger partial charge in [0.1, 0.15) is 4.90 Å². The van der Waals surface area contributed by atoms with Crippen molar-refractivity contribution in [1.82, 2.24) is 14.1 Å². The zero-order valence-corrected chi connectivity index (χ0v) is 16.6. The number of anilines is 1. The summed E-state index contributed by atoms with van der Waals surface area (Å²) in [5.74, 6) is -0.265. The second-order valence-corrected chi connectivity index (χ2v) is 8.93. The van der Waals surface area contributed by atoms with Crippen LogP contribution >= 0.6 is 0 Å². The lowest BCUT2D eigenvalue weighted by Gasteiger charge is -2.30. The molecule has 1 aliphatic heterocycles. The zero-order valence-electron chi connectivity index (χ0n) is 15.8. The Hall–Kier alpha value is -2.97. The van der Waals surface area contributed by atoms with Gasteiger partial charge in [-0.15, -0.1) is 0 Å². The molecule has 1 aromatic heterocycles. The van der Waals surface area contributed by atoms with Gasteiger partial charge in [-0.3, -0.25) is 4.79 Å². The highest BCUT2D eigenvalue weighted by atomic mass is 32.2. The molecule has 0 unspecified atom stereocenters. The molecule has 0 spiro atoms. The summed E-state index contributed by atoms with van der Waals surface area (Å²) in [6.07, 6.45) is 3.88. The van der Waals surface area contributed by atoms with E-state index in [0.717, 1.165) is 11.4 Å². The third-order valence-electron chi connectivity index (χ3n) is 5.08. The summed E-state index contributed by atoms with van der Waals surface area (Å²) in [4.78, 5) is 12.6. The number of amides is 1. The Labute approximate surface area is 170 Å². The van der Waals surface area contributed by atoms with E-state index in [0.29, 0.717) is 25.9 Å². The van der Waals surface area contributed by atoms with E-state index in [9.17, 15) is 13.2 Å². The summed E-state index contributed by atoms with van der Waals surface area (Å²) in [6, 6.07) is 18.6. The van der Waals surface area contributed by atoms with E-state index in [1.54, 1.807) is 4.68 Å². The fourth-order valence-electron chi connectivity index (χ4n) is 3.43. The quantitative estimate of drug-likeness (QED) is 0.701. The maximum atomic E-state index is 13.0. The summed E-state index contributed by atoms with van der Waals surface area (Å²) in [5, 5.41) is 7.08. The molecule has 0 atom stereocenters. The first-order valence-electron chi connectivity index (χ1n) is 9.50. The molecule has 1 fully saturated rings. The van der Waals surface area contributed by atoms with E-state index in [2.05, 4.69) is 10.4 Å². The lowest BCUT2D eigenvalue weighted by atomic mass is 9.97. The Morgan fingerprint density at radius 2 is 1.59 bits per heavy atom. The molecule has 3 aromatic rings. The van der Waals surface area contributed by atoms with Crippen molar-refractivity contribution in [3.63, 3.8) is 0 Å². The minimum absolute atomic E-state index is 0.0647. The number of carbonyl (C=O) groups is 1. The number of nitrogens with one attached hydrogen (secondary N) is 1. The van der Waals surface area contributed by atoms with Crippen LogP contribution in [0.25, 0.3) is 5.69 Å². The Bertz CT molecular complexity index is 1070. The van der Waals surface area contributed by atoms with Crippen molar-refractivity contribution in [2.24, 2.45) is 5.92 Å². The zero-order chi connectivity index (χ0) is 20.3. The normalized spacial score (nSPS) is 15.9. The molecule has 0 saturated carbocycles. The molecule has 1 amide bonds. The molecule has 1 aliphatic rings. The summed E-state index contributed by atoms with van der Waals surface area (Å²) in [6.45, 7) is 0.622. The molecule has 4 rings (SSSR count). The van der Waals surface area contributed by atoms with Gasteiger partial charge in [0.05, 0.1) is 18.1 Å². The predicted octanol–water partition coefficient (Wildman–Crippen LogP) is 2.91. The maximum Gasteiger partial charge on any atom is 0.246 e. The first-order valence-corrected chi connectivity index (χ1v) is 10.9. The Morgan fingerprint density at radius 1 is 0.966 bits per heavy atom. The van der Waals surface area contributed by atoms with Crippen molar-refractivity contribution in [2.75, 3.05) is 18.4 Å². The molecule has 2 heterocycles. The summed E-state index contributed by atoms with van der Waals surface area (Å²) in [7, 11) is -3.64. The third kappa shape index (κ3) is 4.23. The second-order valence-electron chi connectivity index (χ2n) is 6.99. The Kier molecular flexibility index (Phi) is 5.46. The van der Waals surface area contributed by atoms with Gasteiger partial charge in [0.25, 0.3) is 0 Å². The standard InChI is InChI=1S/C21H22N4O3S/c26-21(23-18-7-3-1-4-8-18)17-11-13-24(14-12-17)29(27,28)20-15-22-25(16-20)19-9-5-2-6-10-19/h1-10,15-17H,11-14H2,(H,23,26). The molecule has 1 saturated heterocycles. The van der Waals surface area contributed by atoms with Gasteiger partial charge in [-0.2, -0.15) is 9.40 Å². The highest BCUT2D eigenvalue weighted by Gasteiger charge is 2.33. The highest BCUT2D eigenvalue weighted by Crippen LogP contribution is 2.25. The molecule has 150 valence electrons. The first kappa shape index (κ1) is 19.4. The van der Waals surface area contributed by atoms with Crippen LogP contribution in [-0.2, 0) is 14.8 Å². The van der Waals surface area contributed by atoms with Crippen molar-refractivity contribution < 1.29 is 13.2 Å². The Balaban J connectivity index is 1.40. The van der Waals surface area contributed by atoms with Crippen LogP contribution in [0.2, 0.25) is 0 Å². The molecule has 1 N–H and O–H groups in total. The van der Waals surface area contributed by atoms with Gasteiger partial charge in [-0.25, -0.2) is 13.1 Å². The number of piperidine rings is 1. The molecule has 0 radical (unpaired) electrons. The number of hydrogen-bond donors (Lipinski definition) is 1. The maximum absolute atomic E-state index is 13.0. The average Bonchev–Trinajstić information content (AvgIpc) is 3.26. The van der Waals surface area contributed by atoms with Gasteiger partial charge in [0, 0.05) is 24.7 Å². The van der Waals surface area contributed by atoms with E-state index in [1.807, 2.05) is 60.7 Å². The lowest BCUT2D eigenvalue weighted by Crippen LogP contribution is -2.41. The average molecular weight is 410 g/mol. The minimum atomic E-state index is -3.64. The van der Waals surface area contributed by atoms with Crippen LogP contribution in [0.15, 0.2) is 78.0 Å². The first-order chi connectivity index (χ1) is 14.0. The van der Waals surface area contributed by atoms with Crippen molar-refractivity contribution in [3.05, 3.63) is 73.1 Å². The SMILES string of the molecule is O=C(Nc1ccccc1)C1CCN(S(=O)(=O)c2cnn(-c3ccccc3)c2)CC1. The number of rotatable bonds is 5. The number of hydrogen-bond acceptors (Lipinski definition) is 4. The van der Waals surface area contributed by atoms with Gasteiger partial charge >= 0.3 is 0 Å². The molecule has 8 heteroatoms. The van der Waals surface area contributed by atoms with Crippen molar-refractivity contribution in [2.45, 2.75) is 17.7 Å². The van der Waals surface area contributed by atoms with Crippen molar-refractivity contribution in [3.8, 4) is 5.69 Å². The predicted molar refractivity (Wildman–Crippen MR) is 110 cm³/mol.